The Kier molecular flexibility index (Phi) is 4.26. The first kappa shape index (κ1) is 18.3. The lowest BCUT2D eigenvalue weighted by molar-refractivity contribution is -0.149. The molecule has 0 aromatic carbocycles. The summed E-state index contributed by atoms with van der Waals surface area (Å²) < 4.78 is 39.6. The molecule has 4 heterocycles. The molecule has 4 aromatic heterocycles. The average molecular weight is 408 g/mol. The summed E-state index contributed by atoms with van der Waals surface area (Å²) in [6.45, 7) is 0.888. The number of nitrogens with zero attached hydrogens (tertiary/aromatic N) is 3. The minimum absolute atomic E-state index is 0.0546. The summed E-state index contributed by atoms with van der Waals surface area (Å²) in [5.74, 6) is -0.843. The highest BCUT2D eigenvalue weighted by atomic mass is 35.5. The van der Waals surface area contributed by atoms with Gasteiger partial charge < -0.3 is 10.3 Å². The Balaban J connectivity index is 1.75. The van der Waals surface area contributed by atoms with Crippen molar-refractivity contribution in [3.63, 3.8) is 0 Å². The lowest BCUT2D eigenvalue weighted by Gasteiger charge is -2.16. The Morgan fingerprint density at radius 2 is 2.11 bits per heavy atom. The highest BCUT2D eigenvalue weighted by Crippen LogP contribution is 2.30. The van der Waals surface area contributed by atoms with Gasteiger partial charge >= 0.3 is 6.18 Å². The van der Waals surface area contributed by atoms with Gasteiger partial charge in [-0.2, -0.15) is 18.3 Å². The molecule has 1 amide bonds. The standard InChI is InChI=1S/C18H13ClF3N5O/c1-9(18(20,21)22)25-17(28)13-8-24-27-5-4-10(6-14(13)27)12-7-23-16-11(12)2-3-15(19)26-16/h2-9H,1H3,(H,23,26)(H,25,28)/t9-/m1/s1. The second-order valence-electron chi connectivity index (χ2n) is 6.27. The quantitative estimate of drug-likeness (QED) is 0.499. The van der Waals surface area contributed by atoms with E-state index in [9.17, 15) is 18.0 Å². The Morgan fingerprint density at radius 1 is 1.32 bits per heavy atom. The summed E-state index contributed by atoms with van der Waals surface area (Å²) >= 11 is 5.90. The first-order valence-electron chi connectivity index (χ1n) is 8.23. The summed E-state index contributed by atoms with van der Waals surface area (Å²) in [7, 11) is 0. The molecule has 6 nitrogen and oxygen atoms in total. The predicted octanol–water partition coefficient (Wildman–Crippen LogP) is 4.21. The van der Waals surface area contributed by atoms with Gasteiger partial charge in [0.2, 0.25) is 0 Å². The van der Waals surface area contributed by atoms with Crippen molar-refractivity contribution in [2.45, 2.75) is 19.1 Å². The molecule has 144 valence electrons. The van der Waals surface area contributed by atoms with E-state index in [2.05, 4.69) is 15.1 Å². The molecule has 0 aliphatic carbocycles. The van der Waals surface area contributed by atoms with Crippen LogP contribution in [-0.4, -0.2) is 37.7 Å². The number of alkyl halides is 3. The average Bonchev–Trinajstić information content (AvgIpc) is 3.23. The lowest BCUT2D eigenvalue weighted by Crippen LogP contribution is -2.43. The van der Waals surface area contributed by atoms with Crippen molar-refractivity contribution in [1.82, 2.24) is 24.9 Å². The highest BCUT2D eigenvalue weighted by Gasteiger charge is 2.37. The van der Waals surface area contributed by atoms with Crippen LogP contribution in [0.15, 0.2) is 42.9 Å². The van der Waals surface area contributed by atoms with Crippen LogP contribution >= 0.6 is 11.6 Å². The number of halogens is 4. The van der Waals surface area contributed by atoms with Gasteiger partial charge in [-0.05, 0) is 36.8 Å². The maximum absolute atomic E-state index is 12.7. The van der Waals surface area contributed by atoms with Crippen molar-refractivity contribution < 1.29 is 18.0 Å². The molecule has 0 bridgehead atoms. The van der Waals surface area contributed by atoms with Gasteiger partial charge in [-0.15, -0.1) is 0 Å². The molecule has 1 atom stereocenters. The fraction of sp³-hybridized carbons (Fsp3) is 0.167. The molecule has 0 saturated carbocycles. The Bertz CT molecular complexity index is 1200. The molecule has 4 aromatic rings. The van der Waals surface area contributed by atoms with Crippen molar-refractivity contribution in [1.29, 1.82) is 0 Å². The Labute approximate surface area is 161 Å². The third kappa shape index (κ3) is 3.18. The van der Waals surface area contributed by atoms with E-state index in [0.29, 0.717) is 16.3 Å². The molecule has 4 rings (SSSR count). The molecular formula is C18H13ClF3N5O. The number of fused-ring (bicyclic) bond motifs is 2. The lowest BCUT2D eigenvalue weighted by atomic mass is 10.1. The van der Waals surface area contributed by atoms with E-state index in [1.807, 2.05) is 11.4 Å². The number of aromatic amines is 1. The third-order valence-corrected chi connectivity index (χ3v) is 4.63. The predicted molar refractivity (Wildman–Crippen MR) is 98.3 cm³/mol. The smallest absolute Gasteiger partial charge is 0.345 e. The molecule has 10 heteroatoms. The van der Waals surface area contributed by atoms with Crippen molar-refractivity contribution in [2.75, 3.05) is 0 Å². The molecule has 0 fully saturated rings. The van der Waals surface area contributed by atoms with Crippen LogP contribution in [0.4, 0.5) is 13.2 Å². The van der Waals surface area contributed by atoms with Gasteiger partial charge in [-0.1, -0.05) is 11.6 Å². The fourth-order valence-corrected chi connectivity index (χ4v) is 3.05. The number of nitrogens with one attached hydrogen (secondary N) is 2. The molecule has 0 saturated heterocycles. The van der Waals surface area contributed by atoms with Crippen molar-refractivity contribution in [3.05, 3.63) is 53.6 Å². The summed E-state index contributed by atoms with van der Waals surface area (Å²) in [5.41, 5.74) is 2.62. The SMILES string of the molecule is C[C@@H](NC(=O)c1cnn2ccc(-c3c[nH]c4nc(Cl)ccc34)cc12)C(F)(F)F. The minimum atomic E-state index is -4.53. The second kappa shape index (κ2) is 6.52. The first-order valence-corrected chi connectivity index (χ1v) is 8.61. The van der Waals surface area contributed by atoms with Crippen LogP contribution in [-0.2, 0) is 0 Å². The van der Waals surface area contributed by atoms with Gasteiger partial charge in [0.05, 0.1) is 17.3 Å². The molecular weight excluding hydrogens is 395 g/mol. The van der Waals surface area contributed by atoms with Crippen LogP contribution in [0.2, 0.25) is 5.15 Å². The molecule has 0 aliphatic heterocycles. The normalized spacial score (nSPS) is 13.2. The molecule has 0 spiro atoms. The van der Waals surface area contributed by atoms with Crippen LogP contribution in [0.3, 0.4) is 0 Å². The van der Waals surface area contributed by atoms with Gasteiger partial charge in [-0.3, -0.25) is 4.79 Å². The Hall–Kier alpha value is -3.07. The minimum Gasteiger partial charge on any atom is -0.345 e. The molecule has 0 unspecified atom stereocenters. The van der Waals surface area contributed by atoms with E-state index >= 15 is 0 Å². The fourth-order valence-electron chi connectivity index (χ4n) is 2.90. The van der Waals surface area contributed by atoms with E-state index in [-0.39, 0.29) is 5.56 Å². The topological polar surface area (TPSA) is 75.1 Å². The van der Waals surface area contributed by atoms with Crippen LogP contribution in [0.25, 0.3) is 27.7 Å². The van der Waals surface area contributed by atoms with Gasteiger partial charge in [0.1, 0.15) is 16.8 Å². The number of carbonyl (C=O) groups excluding carboxylic acids is 1. The second-order valence-corrected chi connectivity index (χ2v) is 6.66. The van der Waals surface area contributed by atoms with E-state index < -0.39 is 18.1 Å². The number of H-pyrrole nitrogens is 1. The van der Waals surface area contributed by atoms with Gasteiger partial charge in [-0.25, -0.2) is 9.50 Å². The first-order chi connectivity index (χ1) is 13.2. The third-order valence-electron chi connectivity index (χ3n) is 4.42. The zero-order chi connectivity index (χ0) is 20.1. The summed E-state index contributed by atoms with van der Waals surface area (Å²) in [6.07, 6.45) is 0.106. The zero-order valence-electron chi connectivity index (χ0n) is 14.4. The van der Waals surface area contributed by atoms with Crippen LogP contribution < -0.4 is 5.32 Å². The maximum Gasteiger partial charge on any atom is 0.408 e. The maximum atomic E-state index is 12.7. The molecule has 28 heavy (non-hydrogen) atoms. The van der Waals surface area contributed by atoms with Gasteiger partial charge in [0.15, 0.2) is 0 Å². The van der Waals surface area contributed by atoms with Crippen molar-refractivity contribution in [3.8, 4) is 11.1 Å². The van der Waals surface area contributed by atoms with Crippen LogP contribution in [0, 0.1) is 0 Å². The largest absolute Gasteiger partial charge is 0.408 e. The molecule has 2 N–H and O–H groups in total. The number of pyridine rings is 2. The monoisotopic (exact) mass is 407 g/mol. The van der Waals surface area contributed by atoms with E-state index in [1.54, 1.807) is 30.6 Å². The van der Waals surface area contributed by atoms with E-state index in [0.717, 1.165) is 23.4 Å². The number of amides is 1. The zero-order valence-corrected chi connectivity index (χ0v) is 15.1. The summed E-state index contributed by atoms with van der Waals surface area (Å²) in [5, 5.41) is 7.17. The van der Waals surface area contributed by atoms with Gasteiger partial charge in [0, 0.05) is 23.3 Å². The number of hydrogen-bond donors (Lipinski definition) is 2. The summed E-state index contributed by atoms with van der Waals surface area (Å²) in [4.78, 5) is 19.6. The molecule has 0 radical (unpaired) electrons. The number of aromatic nitrogens is 4. The number of carbonyl (C=O) groups is 1. The van der Waals surface area contributed by atoms with Crippen LogP contribution in [0.5, 0.6) is 0 Å². The number of hydrogen-bond acceptors (Lipinski definition) is 3. The van der Waals surface area contributed by atoms with Crippen molar-refractivity contribution >= 4 is 34.1 Å². The van der Waals surface area contributed by atoms with E-state index in [1.165, 1.54) is 10.7 Å². The van der Waals surface area contributed by atoms with E-state index in [4.69, 9.17) is 11.6 Å². The van der Waals surface area contributed by atoms with Crippen LogP contribution in [0.1, 0.15) is 17.3 Å². The van der Waals surface area contributed by atoms with Crippen molar-refractivity contribution in [2.24, 2.45) is 0 Å². The highest BCUT2D eigenvalue weighted by molar-refractivity contribution is 6.29. The van der Waals surface area contributed by atoms with Gasteiger partial charge in [0.25, 0.3) is 5.91 Å². The molecule has 0 aliphatic rings. The summed E-state index contributed by atoms with van der Waals surface area (Å²) in [6, 6.07) is 4.99. The Morgan fingerprint density at radius 3 is 2.86 bits per heavy atom. The number of rotatable bonds is 3.